The number of ether oxygens (including phenoxy) is 1. The third-order valence-corrected chi connectivity index (χ3v) is 3.24. The summed E-state index contributed by atoms with van der Waals surface area (Å²) >= 11 is 0. The molecule has 0 aromatic heterocycles. The lowest BCUT2D eigenvalue weighted by Gasteiger charge is -2.09. The molecule has 1 atom stereocenters. The van der Waals surface area contributed by atoms with E-state index < -0.39 is 12.1 Å². The van der Waals surface area contributed by atoms with Crippen molar-refractivity contribution in [3.8, 4) is 11.8 Å². The van der Waals surface area contributed by atoms with Gasteiger partial charge in [-0.15, -0.1) is 0 Å². The molecule has 1 N–H and O–H groups in total. The Morgan fingerprint density at radius 2 is 1.65 bits per heavy atom. The Bertz CT molecular complexity index is 722. The molecule has 2 aromatic rings. The van der Waals surface area contributed by atoms with Crippen LogP contribution >= 0.6 is 0 Å². The number of allylic oxidation sites excluding steroid dienone is 1. The predicted octanol–water partition coefficient (Wildman–Crippen LogP) is 3.31. The zero-order valence-electron chi connectivity index (χ0n) is 12.9. The number of carbonyl (C=O) groups excluding carboxylic acids is 1. The smallest absolute Gasteiger partial charge is 0.339 e. The van der Waals surface area contributed by atoms with E-state index in [9.17, 15) is 9.90 Å². The molecule has 23 heavy (non-hydrogen) atoms. The SMILES string of the molecule is C/C=C(\c1ccccc1)[C@H](O)C#CCOC(=O)c1ccccc1. The van der Waals surface area contributed by atoms with Gasteiger partial charge in [-0.05, 0) is 30.2 Å². The van der Waals surface area contributed by atoms with Crippen LogP contribution in [-0.4, -0.2) is 23.8 Å². The van der Waals surface area contributed by atoms with E-state index in [-0.39, 0.29) is 6.61 Å². The van der Waals surface area contributed by atoms with E-state index in [4.69, 9.17) is 4.74 Å². The molecule has 0 saturated heterocycles. The lowest BCUT2D eigenvalue weighted by molar-refractivity contribution is 0.0556. The van der Waals surface area contributed by atoms with Gasteiger partial charge in [0.2, 0.25) is 0 Å². The summed E-state index contributed by atoms with van der Waals surface area (Å²) < 4.78 is 5.05. The van der Waals surface area contributed by atoms with Gasteiger partial charge in [-0.2, -0.15) is 0 Å². The highest BCUT2D eigenvalue weighted by Gasteiger charge is 2.09. The first-order chi connectivity index (χ1) is 11.2. The summed E-state index contributed by atoms with van der Waals surface area (Å²) in [7, 11) is 0. The van der Waals surface area contributed by atoms with Crippen LogP contribution in [0.15, 0.2) is 66.7 Å². The predicted molar refractivity (Wildman–Crippen MR) is 90.6 cm³/mol. The van der Waals surface area contributed by atoms with E-state index in [0.717, 1.165) is 11.1 Å². The Morgan fingerprint density at radius 3 is 2.22 bits per heavy atom. The molecule has 0 bridgehead atoms. The molecule has 2 aromatic carbocycles. The number of hydrogen-bond donors (Lipinski definition) is 1. The summed E-state index contributed by atoms with van der Waals surface area (Å²) in [5.74, 6) is 4.96. The second-order valence-electron chi connectivity index (χ2n) is 4.78. The van der Waals surface area contributed by atoms with Crippen LogP contribution < -0.4 is 0 Å². The normalized spacial score (nSPS) is 12.0. The van der Waals surface area contributed by atoms with Gasteiger partial charge in [0.15, 0.2) is 6.61 Å². The molecule has 3 heteroatoms. The van der Waals surface area contributed by atoms with E-state index in [1.54, 1.807) is 24.3 Å². The molecule has 0 amide bonds. The maximum absolute atomic E-state index is 11.7. The first-order valence-electron chi connectivity index (χ1n) is 7.32. The molecule has 0 heterocycles. The fourth-order valence-electron chi connectivity index (χ4n) is 2.09. The maximum atomic E-state index is 11.7. The molecule has 0 aliphatic heterocycles. The first kappa shape index (κ1) is 16.5. The number of rotatable bonds is 4. The molecule has 116 valence electrons. The van der Waals surface area contributed by atoms with Crippen LogP contribution in [0.2, 0.25) is 0 Å². The molecule has 0 saturated carbocycles. The number of esters is 1. The highest BCUT2D eigenvalue weighted by Crippen LogP contribution is 2.17. The molecule has 0 unspecified atom stereocenters. The highest BCUT2D eigenvalue weighted by molar-refractivity contribution is 5.89. The van der Waals surface area contributed by atoms with E-state index in [1.807, 2.05) is 49.4 Å². The van der Waals surface area contributed by atoms with Crippen molar-refractivity contribution in [3.63, 3.8) is 0 Å². The standard InChI is InChI=1S/C20H18O3/c1-2-18(16-10-5-3-6-11-16)19(21)14-9-15-23-20(22)17-12-7-4-8-13-17/h2-8,10-13,19,21H,15H2,1H3/b18-2+/t19-/m1/s1. The van der Waals surface area contributed by atoms with Gasteiger partial charge < -0.3 is 9.84 Å². The van der Waals surface area contributed by atoms with Crippen LogP contribution in [0.3, 0.4) is 0 Å². The topological polar surface area (TPSA) is 46.5 Å². The average Bonchev–Trinajstić information content (AvgIpc) is 2.61. The molecule has 0 aliphatic carbocycles. The molecule has 2 rings (SSSR count). The van der Waals surface area contributed by atoms with Gasteiger partial charge in [0.1, 0.15) is 6.10 Å². The van der Waals surface area contributed by atoms with Crippen molar-refractivity contribution in [2.75, 3.05) is 6.61 Å². The maximum Gasteiger partial charge on any atom is 0.339 e. The van der Waals surface area contributed by atoms with Crippen molar-refractivity contribution in [2.24, 2.45) is 0 Å². The summed E-state index contributed by atoms with van der Waals surface area (Å²) in [6.07, 6.45) is 0.905. The van der Waals surface area contributed by atoms with Gasteiger partial charge in [0.05, 0.1) is 5.56 Å². The Kier molecular flexibility index (Phi) is 6.17. The van der Waals surface area contributed by atoms with E-state index in [1.165, 1.54) is 0 Å². The fourth-order valence-corrected chi connectivity index (χ4v) is 2.09. The fraction of sp³-hybridized carbons (Fsp3) is 0.150. The van der Waals surface area contributed by atoms with Gasteiger partial charge in [-0.3, -0.25) is 0 Å². The zero-order valence-corrected chi connectivity index (χ0v) is 12.9. The van der Waals surface area contributed by atoms with Crippen LogP contribution in [-0.2, 0) is 4.74 Å². The number of aliphatic hydroxyl groups is 1. The summed E-state index contributed by atoms with van der Waals surface area (Å²) in [5, 5.41) is 10.2. The Morgan fingerprint density at radius 1 is 1.09 bits per heavy atom. The minimum Gasteiger partial charge on any atom is -0.449 e. The van der Waals surface area contributed by atoms with Crippen molar-refractivity contribution in [1.29, 1.82) is 0 Å². The molecular formula is C20H18O3. The monoisotopic (exact) mass is 306 g/mol. The second-order valence-corrected chi connectivity index (χ2v) is 4.78. The Balaban J connectivity index is 1.92. The Hall–Kier alpha value is -2.83. The summed E-state index contributed by atoms with van der Waals surface area (Å²) in [6, 6.07) is 18.3. The number of benzene rings is 2. The number of hydrogen-bond acceptors (Lipinski definition) is 3. The minimum atomic E-state index is -0.919. The van der Waals surface area contributed by atoms with Crippen molar-refractivity contribution in [3.05, 3.63) is 77.9 Å². The summed E-state index contributed by atoms with van der Waals surface area (Å²) in [5.41, 5.74) is 2.12. The van der Waals surface area contributed by atoms with Gasteiger partial charge in [-0.25, -0.2) is 4.79 Å². The van der Waals surface area contributed by atoms with Crippen LogP contribution in [0.25, 0.3) is 5.57 Å². The third kappa shape index (κ3) is 4.84. The highest BCUT2D eigenvalue weighted by atomic mass is 16.5. The van der Waals surface area contributed by atoms with Crippen molar-refractivity contribution in [2.45, 2.75) is 13.0 Å². The second kappa shape index (κ2) is 8.57. The molecular weight excluding hydrogens is 288 g/mol. The van der Waals surface area contributed by atoms with Gasteiger partial charge >= 0.3 is 5.97 Å². The van der Waals surface area contributed by atoms with E-state index in [0.29, 0.717) is 5.56 Å². The molecule has 0 radical (unpaired) electrons. The quantitative estimate of drug-likeness (QED) is 0.696. The van der Waals surface area contributed by atoms with Gasteiger partial charge in [0.25, 0.3) is 0 Å². The molecule has 0 fully saturated rings. The summed E-state index contributed by atoms with van der Waals surface area (Å²) in [4.78, 5) is 11.7. The zero-order chi connectivity index (χ0) is 16.5. The lowest BCUT2D eigenvalue weighted by Crippen LogP contribution is -2.08. The Labute approximate surface area is 136 Å². The van der Waals surface area contributed by atoms with Gasteiger partial charge in [-0.1, -0.05) is 66.4 Å². The minimum absolute atomic E-state index is 0.0590. The van der Waals surface area contributed by atoms with Crippen LogP contribution in [0, 0.1) is 11.8 Å². The lowest BCUT2D eigenvalue weighted by atomic mass is 10.0. The van der Waals surface area contributed by atoms with E-state index >= 15 is 0 Å². The van der Waals surface area contributed by atoms with Crippen LogP contribution in [0.4, 0.5) is 0 Å². The van der Waals surface area contributed by atoms with Crippen molar-refractivity contribution >= 4 is 11.5 Å². The number of aliphatic hydroxyl groups excluding tert-OH is 1. The molecule has 0 aliphatic rings. The average molecular weight is 306 g/mol. The van der Waals surface area contributed by atoms with Crippen LogP contribution in [0.5, 0.6) is 0 Å². The third-order valence-electron chi connectivity index (χ3n) is 3.24. The van der Waals surface area contributed by atoms with Gasteiger partial charge in [0, 0.05) is 0 Å². The summed E-state index contributed by atoms with van der Waals surface area (Å²) in [6.45, 7) is 1.79. The van der Waals surface area contributed by atoms with Crippen LogP contribution in [0.1, 0.15) is 22.8 Å². The number of carbonyl (C=O) groups is 1. The first-order valence-corrected chi connectivity index (χ1v) is 7.32. The molecule has 3 nitrogen and oxygen atoms in total. The van der Waals surface area contributed by atoms with Crippen molar-refractivity contribution < 1.29 is 14.6 Å². The van der Waals surface area contributed by atoms with E-state index in [2.05, 4.69) is 11.8 Å². The van der Waals surface area contributed by atoms with Crippen molar-refractivity contribution in [1.82, 2.24) is 0 Å². The molecule has 0 spiro atoms. The largest absolute Gasteiger partial charge is 0.449 e.